The fraction of sp³-hybridized carbons (Fsp3) is 0.312. The molecule has 0 saturated carbocycles. The summed E-state index contributed by atoms with van der Waals surface area (Å²) in [5.41, 5.74) is 2.81. The highest BCUT2D eigenvalue weighted by molar-refractivity contribution is 5.71. The number of likely N-dealkylation sites (N-methyl/N-ethyl adjacent to an activating group) is 1. The Balaban J connectivity index is 2.55. The maximum atomic E-state index is 3.93. The Kier molecular flexibility index (Phi) is 7.49. The standard InChI is InChI=1S/C16H22N2/c1-3-17-13-8-7-11-15-9-5-6-10-16(15)12-14-18-4-2/h3,5-10,13,18H,1,4,11-12,14H2,2H3/b8-7+,17-13?. The van der Waals surface area contributed by atoms with Crippen LogP contribution in [0.1, 0.15) is 18.1 Å². The summed E-state index contributed by atoms with van der Waals surface area (Å²) >= 11 is 0. The minimum atomic E-state index is 0.950. The summed E-state index contributed by atoms with van der Waals surface area (Å²) in [5.74, 6) is 0. The van der Waals surface area contributed by atoms with E-state index in [1.807, 2.05) is 6.08 Å². The van der Waals surface area contributed by atoms with Crippen molar-refractivity contribution in [3.05, 3.63) is 60.3 Å². The lowest BCUT2D eigenvalue weighted by atomic mass is 10.0. The van der Waals surface area contributed by atoms with Crippen molar-refractivity contribution in [3.63, 3.8) is 0 Å². The Bertz CT molecular complexity index is 405. The normalized spacial score (nSPS) is 11.4. The fourth-order valence-corrected chi connectivity index (χ4v) is 1.77. The number of hydrogen-bond acceptors (Lipinski definition) is 2. The number of nitrogens with one attached hydrogen (secondary N) is 1. The van der Waals surface area contributed by atoms with E-state index >= 15 is 0 Å². The van der Waals surface area contributed by atoms with Crippen LogP contribution in [0.25, 0.3) is 0 Å². The lowest BCUT2D eigenvalue weighted by Gasteiger charge is -2.07. The Morgan fingerprint density at radius 3 is 2.78 bits per heavy atom. The van der Waals surface area contributed by atoms with Gasteiger partial charge in [0.15, 0.2) is 0 Å². The number of benzene rings is 1. The van der Waals surface area contributed by atoms with E-state index in [1.54, 1.807) is 6.21 Å². The quantitative estimate of drug-likeness (QED) is 0.549. The minimum absolute atomic E-state index is 0.950. The third-order valence-electron chi connectivity index (χ3n) is 2.69. The average Bonchev–Trinajstić information content (AvgIpc) is 2.40. The molecule has 1 aromatic carbocycles. The first kappa shape index (κ1) is 14.4. The smallest absolute Gasteiger partial charge is 0.0264 e. The molecule has 96 valence electrons. The lowest BCUT2D eigenvalue weighted by molar-refractivity contribution is 0.714. The SMILES string of the molecule is C=CN=C/C=C/Cc1ccccc1CCNCC. The molecular weight excluding hydrogens is 220 g/mol. The zero-order valence-electron chi connectivity index (χ0n) is 11.1. The molecule has 0 spiro atoms. The van der Waals surface area contributed by atoms with Crippen LogP contribution >= 0.6 is 0 Å². The van der Waals surface area contributed by atoms with Crippen LogP contribution in [0.5, 0.6) is 0 Å². The van der Waals surface area contributed by atoms with Gasteiger partial charge in [0, 0.05) is 12.4 Å². The first-order valence-electron chi connectivity index (χ1n) is 6.45. The van der Waals surface area contributed by atoms with Gasteiger partial charge in [-0.15, -0.1) is 0 Å². The van der Waals surface area contributed by atoms with Gasteiger partial charge in [-0.2, -0.15) is 0 Å². The van der Waals surface area contributed by atoms with Crippen molar-refractivity contribution in [1.29, 1.82) is 0 Å². The second-order valence-electron chi connectivity index (χ2n) is 3.99. The number of allylic oxidation sites excluding steroid dienone is 2. The first-order valence-corrected chi connectivity index (χ1v) is 6.45. The Hall–Kier alpha value is -1.67. The molecule has 0 radical (unpaired) electrons. The molecule has 0 amide bonds. The van der Waals surface area contributed by atoms with Crippen molar-refractivity contribution in [2.45, 2.75) is 19.8 Å². The van der Waals surface area contributed by atoms with Crippen molar-refractivity contribution in [2.75, 3.05) is 13.1 Å². The van der Waals surface area contributed by atoms with Gasteiger partial charge in [-0.05, 0) is 43.1 Å². The van der Waals surface area contributed by atoms with E-state index in [9.17, 15) is 0 Å². The largest absolute Gasteiger partial charge is 0.317 e. The summed E-state index contributed by atoms with van der Waals surface area (Å²) in [7, 11) is 0. The highest BCUT2D eigenvalue weighted by Gasteiger charge is 1.99. The molecule has 1 rings (SSSR count). The van der Waals surface area contributed by atoms with Crippen LogP contribution in [0, 0.1) is 0 Å². The van der Waals surface area contributed by atoms with Crippen LogP contribution in [0.4, 0.5) is 0 Å². The Morgan fingerprint density at radius 2 is 2.06 bits per heavy atom. The number of nitrogens with zero attached hydrogens (tertiary/aromatic N) is 1. The highest BCUT2D eigenvalue weighted by atomic mass is 14.8. The molecule has 0 aromatic heterocycles. The van der Waals surface area contributed by atoms with E-state index in [-0.39, 0.29) is 0 Å². The van der Waals surface area contributed by atoms with E-state index in [4.69, 9.17) is 0 Å². The zero-order valence-corrected chi connectivity index (χ0v) is 11.1. The van der Waals surface area contributed by atoms with E-state index in [1.165, 1.54) is 17.3 Å². The summed E-state index contributed by atoms with van der Waals surface area (Å²) in [6, 6.07) is 8.60. The molecule has 0 unspecified atom stereocenters. The van der Waals surface area contributed by atoms with Gasteiger partial charge in [-0.1, -0.05) is 43.8 Å². The van der Waals surface area contributed by atoms with E-state index in [0.717, 1.165) is 25.9 Å². The molecule has 0 bridgehead atoms. The second-order valence-corrected chi connectivity index (χ2v) is 3.99. The molecule has 0 saturated heterocycles. The Morgan fingerprint density at radius 1 is 1.28 bits per heavy atom. The average molecular weight is 242 g/mol. The van der Waals surface area contributed by atoms with Gasteiger partial charge >= 0.3 is 0 Å². The summed E-state index contributed by atoms with van der Waals surface area (Å²) in [4.78, 5) is 3.93. The van der Waals surface area contributed by atoms with Gasteiger partial charge < -0.3 is 5.32 Å². The fourth-order valence-electron chi connectivity index (χ4n) is 1.77. The number of hydrogen-bond donors (Lipinski definition) is 1. The monoisotopic (exact) mass is 242 g/mol. The topological polar surface area (TPSA) is 24.4 Å². The van der Waals surface area contributed by atoms with E-state index in [0.29, 0.717) is 0 Å². The van der Waals surface area contributed by atoms with Crippen molar-refractivity contribution in [3.8, 4) is 0 Å². The molecule has 2 nitrogen and oxygen atoms in total. The predicted molar refractivity (Wildman–Crippen MR) is 80.2 cm³/mol. The maximum absolute atomic E-state index is 3.93. The molecule has 0 aliphatic carbocycles. The first-order chi connectivity index (χ1) is 8.88. The number of rotatable bonds is 8. The number of aliphatic imine (C=N–C) groups is 1. The third kappa shape index (κ3) is 5.60. The van der Waals surface area contributed by atoms with Gasteiger partial charge in [0.25, 0.3) is 0 Å². The van der Waals surface area contributed by atoms with E-state index < -0.39 is 0 Å². The Labute approximate surface area is 110 Å². The van der Waals surface area contributed by atoms with Crippen LogP contribution in [0.3, 0.4) is 0 Å². The van der Waals surface area contributed by atoms with Gasteiger partial charge in [0.2, 0.25) is 0 Å². The van der Waals surface area contributed by atoms with Gasteiger partial charge in [-0.25, -0.2) is 0 Å². The predicted octanol–water partition coefficient (Wildman–Crippen LogP) is 3.15. The summed E-state index contributed by atoms with van der Waals surface area (Å²) in [6.45, 7) is 7.73. The minimum Gasteiger partial charge on any atom is -0.317 e. The molecule has 0 aliphatic rings. The lowest BCUT2D eigenvalue weighted by Crippen LogP contribution is -2.16. The molecule has 1 N–H and O–H groups in total. The summed E-state index contributed by atoms with van der Waals surface area (Å²) < 4.78 is 0. The van der Waals surface area contributed by atoms with Gasteiger partial charge in [-0.3, -0.25) is 4.99 Å². The molecule has 1 aromatic rings. The van der Waals surface area contributed by atoms with Crippen LogP contribution in [0.15, 0.2) is 54.2 Å². The van der Waals surface area contributed by atoms with Crippen LogP contribution in [-0.4, -0.2) is 19.3 Å². The van der Waals surface area contributed by atoms with Gasteiger partial charge in [0.05, 0.1) is 0 Å². The van der Waals surface area contributed by atoms with E-state index in [2.05, 4.69) is 54.2 Å². The van der Waals surface area contributed by atoms with Crippen LogP contribution in [0.2, 0.25) is 0 Å². The zero-order chi connectivity index (χ0) is 13.1. The van der Waals surface area contributed by atoms with Crippen LogP contribution in [-0.2, 0) is 12.8 Å². The molecular formula is C16H22N2. The molecule has 0 heterocycles. The van der Waals surface area contributed by atoms with Crippen molar-refractivity contribution in [2.24, 2.45) is 4.99 Å². The summed E-state index contributed by atoms with van der Waals surface area (Å²) in [6.07, 6.45) is 9.41. The molecule has 0 aliphatic heterocycles. The summed E-state index contributed by atoms with van der Waals surface area (Å²) in [5, 5.41) is 3.36. The molecule has 18 heavy (non-hydrogen) atoms. The van der Waals surface area contributed by atoms with Crippen LogP contribution < -0.4 is 5.32 Å². The van der Waals surface area contributed by atoms with Crippen molar-refractivity contribution >= 4 is 6.21 Å². The second kappa shape index (κ2) is 9.37. The van der Waals surface area contributed by atoms with Gasteiger partial charge in [0.1, 0.15) is 0 Å². The molecule has 2 heteroatoms. The molecule has 0 atom stereocenters. The van der Waals surface area contributed by atoms with Crippen molar-refractivity contribution in [1.82, 2.24) is 5.32 Å². The molecule has 0 fully saturated rings. The third-order valence-corrected chi connectivity index (χ3v) is 2.69. The highest BCUT2D eigenvalue weighted by Crippen LogP contribution is 2.10. The maximum Gasteiger partial charge on any atom is 0.0264 e. The van der Waals surface area contributed by atoms with Crippen molar-refractivity contribution < 1.29 is 0 Å².